The van der Waals surface area contributed by atoms with Gasteiger partial charge in [0, 0.05) is 33.4 Å². The molecule has 0 spiro atoms. The molecule has 0 saturated heterocycles. The second kappa shape index (κ2) is 5.79. The van der Waals surface area contributed by atoms with E-state index in [9.17, 15) is 14.7 Å². The van der Waals surface area contributed by atoms with Crippen LogP contribution in [0.4, 0.5) is 0 Å². The van der Waals surface area contributed by atoms with E-state index in [4.69, 9.17) is 0 Å². The second-order valence-electron chi connectivity index (χ2n) is 7.08. The van der Waals surface area contributed by atoms with Crippen molar-refractivity contribution in [2.24, 2.45) is 0 Å². The number of carboxylic acid groups (broad SMARTS) is 1. The topological polar surface area (TPSA) is 82.2 Å². The first-order chi connectivity index (χ1) is 12.6. The van der Waals surface area contributed by atoms with Crippen LogP contribution in [0.25, 0.3) is 21.3 Å². The van der Waals surface area contributed by atoms with Crippen molar-refractivity contribution >= 4 is 28.2 Å². The first kappa shape index (κ1) is 15.8. The maximum atomic E-state index is 12.6. The molecule has 1 aliphatic heterocycles. The van der Waals surface area contributed by atoms with Crippen LogP contribution in [0, 0.1) is 0 Å². The van der Waals surface area contributed by atoms with Crippen molar-refractivity contribution in [3.05, 3.63) is 56.2 Å². The lowest BCUT2D eigenvalue weighted by Gasteiger charge is -2.10. The Morgan fingerprint density at radius 3 is 2.81 bits per heavy atom. The van der Waals surface area contributed by atoms with Crippen LogP contribution in [0.2, 0.25) is 0 Å². The summed E-state index contributed by atoms with van der Waals surface area (Å²) in [6.45, 7) is 1.94. The number of carbonyl (C=O) groups is 1. The van der Waals surface area contributed by atoms with Crippen molar-refractivity contribution in [1.82, 2.24) is 10.3 Å². The van der Waals surface area contributed by atoms with Crippen LogP contribution in [0.1, 0.15) is 45.1 Å². The van der Waals surface area contributed by atoms with Crippen LogP contribution >= 0.6 is 11.3 Å². The van der Waals surface area contributed by atoms with Gasteiger partial charge >= 0.3 is 5.97 Å². The zero-order valence-electron chi connectivity index (χ0n) is 14.1. The molecule has 1 aromatic carbocycles. The van der Waals surface area contributed by atoms with Crippen LogP contribution in [-0.2, 0) is 13.0 Å². The molecular formula is C20H18N2O3S. The van der Waals surface area contributed by atoms with Gasteiger partial charge in [-0.2, -0.15) is 0 Å². The van der Waals surface area contributed by atoms with Gasteiger partial charge in [-0.1, -0.05) is 0 Å². The Labute approximate surface area is 153 Å². The molecule has 3 heterocycles. The molecule has 26 heavy (non-hydrogen) atoms. The molecule has 0 unspecified atom stereocenters. The lowest BCUT2D eigenvalue weighted by atomic mass is 9.97. The third-order valence-corrected chi connectivity index (χ3v) is 6.53. The van der Waals surface area contributed by atoms with Crippen LogP contribution in [-0.4, -0.2) is 22.6 Å². The number of aromatic amines is 1. The molecule has 0 radical (unpaired) electrons. The van der Waals surface area contributed by atoms with Crippen molar-refractivity contribution in [3.8, 4) is 10.4 Å². The average Bonchev–Trinajstić information content (AvgIpc) is 3.39. The van der Waals surface area contributed by atoms with E-state index in [2.05, 4.69) is 16.4 Å². The van der Waals surface area contributed by atoms with Crippen molar-refractivity contribution in [2.45, 2.75) is 31.7 Å². The van der Waals surface area contributed by atoms with Gasteiger partial charge in [-0.3, -0.25) is 4.79 Å². The zero-order valence-corrected chi connectivity index (χ0v) is 14.9. The fourth-order valence-corrected chi connectivity index (χ4v) is 4.99. The Bertz CT molecular complexity index is 1080. The standard InChI is InChI=1S/C20H18N2O3S/c23-19-14-6-12(10-1-2-10)13(7-16(14)22-8-15(19)20(24)25)17-5-11-3-4-21-9-18(11)26-17/h5-8,10,21H,1-4,9H2,(H,22,23)(H,24,25). The van der Waals surface area contributed by atoms with Crippen LogP contribution in [0.3, 0.4) is 0 Å². The fraction of sp³-hybridized carbons (Fsp3) is 0.300. The summed E-state index contributed by atoms with van der Waals surface area (Å²) in [5.41, 5.74) is 3.86. The maximum absolute atomic E-state index is 12.6. The molecule has 132 valence electrons. The third kappa shape index (κ3) is 2.48. The fourth-order valence-electron chi connectivity index (χ4n) is 3.77. The highest BCUT2D eigenvalue weighted by atomic mass is 32.1. The second-order valence-corrected chi connectivity index (χ2v) is 8.22. The number of carboxylic acids is 1. The number of nitrogens with one attached hydrogen (secondary N) is 2. The van der Waals surface area contributed by atoms with Crippen LogP contribution in [0.15, 0.2) is 29.2 Å². The normalized spacial score (nSPS) is 16.6. The number of benzene rings is 1. The molecule has 3 aromatic rings. The maximum Gasteiger partial charge on any atom is 0.341 e. The summed E-state index contributed by atoms with van der Waals surface area (Å²) >= 11 is 1.82. The van der Waals surface area contributed by atoms with E-state index in [0.717, 1.165) is 32.4 Å². The molecule has 1 aliphatic carbocycles. The summed E-state index contributed by atoms with van der Waals surface area (Å²) in [6, 6.07) is 6.24. The summed E-state index contributed by atoms with van der Waals surface area (Å²) in [6.07, 6.45) is 4.61. The van der Waals surface area contributed by atoms with E-state index in [1.807, 2.05) is 23.5 Å². The van der Waals surface area contributed by atoms with Crippen molar-refractivity contribution < 1.29 is 9.90 Å². The number of H-pyrrole nitrogens is 1. The molecule has 6 heteroatoms. The summed E-state index contributed by atoms with van der Waals surface area (Å²) in [5.74, 6) is -0.719. The SMILES string of the molecule is O=C(O)c1c[nH]c2cc(-c3cc4c(s3)CNCC4)c(C3CC3)cc2c1=O. The highest BCUT2D eigenvalue weighted by Gasteiger charge is 2.28. The molecule has 2 aromatic heterocycles. The number of thiophene rings is 1. The first-order valence-corrected chi connectivity index (χ1v) is 9.69. The molecule has 3 N–H and O–H groups in total. The summed E-state index contributed by atoms with van der Waals surface area (Å²) in [4.78, 5) is 29.5. The minimum Gasteiger partial charge on any atom is -0.477 e. The largest absolute Gasteiger partial charge is 0.477 e. The molecule has 0 amide bonds. The molecular weight excluding hydrogens is 348 g/mol. The van der Waals surface area contributed by atoms with Crippen molar-refractivity contribution in [2.75, 3.05) is 6.54 Å². The lowest BCUT2D eigenvalue weighted by Crippen LogP contribution is -2.21. The lowest BCUT2D eigenvalue weighted by molar-refractivity contribution is 0.0695. The Morgan fingerprint density at radius 1 is 1.23 bits per heavy atom. The molecule has 5 rings (SSSR count). The van der Waals surface area contributed by atoms with Gasteiger partial charge in [0.15, 0.2) is 0 Å². The molecule has 0 bridgehead atoms. The van der Waals surface area contributed by atoms with Gasteiger partial charge in [0.05, 0.1) is 0 Å². The van der Waals surface area contributed by atoms with E-state index in [-0.39, 0.29) is 5.56 Å². The van der Waals surface area contributed by atoms with E-state index in [1.165, 1.54) is 32.6 Å². The molecule has 2 aliphatic rings. The van der Waals surface area contributed by atoms with Gasteiger partial charge in [0.25, 0.3) is 0 Å². The molecule has 0 atom stereocenters. The predicted molar refractivity (Wildman–Crippen MR) is 102 cm³/mol. The Hall–Kier alpha value is -2.44. The van der Waals surface area contributed by atoms with Gasteiger partial charge in [0.1, 0.15) is 5.56 Å². The highest BCUT2D eigenvalue weighted by Crippen LogP contribution is 2.47. The summed E-state index contributed by atoms with van der Waals surface area (Å²) in [5, 5.41) is 13.1. The number of hydrogen-bond acceptors (Lipinski definition) is 4. The van der Waals surface area contributed by atoms with E-state index < -0.39 is 11.4 Å². The monoisotopic (exact) mass is 366 g/mol. The Morgan fingerprint density at radius 2 is 2.08 bits per heavy atom. The Kier molecular flexibility index (Phi) is 3.52. The number of aromatic carboxylic acids is 1. The van der Waals surface area contributed by atoms with Crippen LogP contribution < -0.4 is 10.7 Å². The average molecular weight is 366 g/mol. The first-order valence-electron chi connectivity index (χ1n) is 8.87. The summed E-state index contributed by atoms with van der Waals surface area (Å²) < 4.78 is 0. The van der Waals surface area contributed by atoms with Crippen LogP contribution in [0.5, 0.6) is 0 Å². The quantitative estimate of drug-likeness (QED) is 0.663. The van der Waals surface area contributed by atoms with E-state index >= 15 is 0 Å². The number of rotatable bonds is 3. The molecule has 1 fully saturated rings. The number of fused-ring (bicyclic) bond motifs is 2. The minimum absolute atomic E-state index is 0.204. The number of aromatic nitrogens is 1. The predicted octanol–water partition coefficient (Wildman–Crippen LogP) is 3.48. The Balaban J connectivity index is 1.73. The number of pyridine rings is 1. The van der Waals surface area contributed by atoms with Crippen molar-refractivity contribution in [3.63, 3.8) is 0 Å². The third-order valence-electron chi connectivity index (χ3n) is 5.32. The smallest absolute Gasteiger partial charge is 0.341 e. The minimum atomic E-state index is -1.19. The van der Waals surface area contributed by atoms with E-state index in [1.54, 1.807) is 0 Å². The zero-order chi connectivity index (χ0) is 17.8. The van der Waals surface area contributed by atoms with Gasteiger partial charge < -0.3 is 15.4 Å². The van der Waals surface area contributed by atoms with Gasteiger partial charge in [-0.05, 0) is 66.6 Å². The van der Waals surface area contributed by atoms with Gasteiger partial charge in [0.2, 0.25) is 5.43 Å². The molecule has 5 nitrogen and oxygen atoms in total. The summed E-state index contributed by atoms with van der Waals surface area (Å²) in [7, 11) is 0. The van der Waals surface area contributed by atoms with Crippen molar-refractivity contribution in [1.29, 1.82) is 0 Å². The number of hydrogen-bond donors (Lipinski definition) is 3. The highest BCUT2D eigenvalue weighted by molar-refractivity contribution is 7.15. The van der Waals surface area contributed by atoms with Gasteiger partial charge in [-0.15, -0.1) is 11.3 Å². The van der Waals surface area contributed by atoms with Gasteiger partial charge in [-0.25, -0.2) is 4.79 Å². The molecule has 1 saturated carbocycles. The van der Waals surface area contributed by atoms with E-state index in [0.29, 0.717) is 16.8 Å².